The molecule has 0 atom stereocenters. The van der Waals surface area contributed by atoms with Crippen molar-refractivity contribution in [2.45, 2.75) is 18.9 Å². The number of hydrogen-bond acceptors (Lipinski definition) is 4. The molecule has 7 heteroatoms. The molecule has 1 aliphatic carbocycles. The SMILES string of the molecule is COc1ccccc1N1CCN(C(=O)CNC(=O)NC2CC2)CC1. The Kier molecular flexibility index (Phi) is 5.08. The van der Waals surface area contributed by atoms with Crippen molar-refractivity contribution in [3.05, 3.63) is 24.3 Å². The fraction of sp³-hybridized carbons (Fsp3) is 0.529. The van der Waals surface area contributed by atoms with Gasteiger partial charge in [-0.3, -0.25) is 4.79 Å². The Labute approximate surface area is 141 Å². The largest absolute Gasteiger partial charge is 0.495 e. The number of carbonyl (C=O) groups excluding carboxylic acids is 2. The van der Waals surface area contributed by atoms with Crippen LogP contribution in [0.1, 0.15) is 12.8 Å². The molecule has 1 heterocycles. The van der Waals surface area contributed by atoms with E-state index in [-0.39, 0.29) is 18.5 Å². The lowest BCUT2D eigenvalue weighted by atomic mass is 10.2. The fourth-order valence-electron chi connectivity index (χ4n) is 2.82. The highest BCUT2D eigenvalue weighted by molar-refractivity contribution is 5.84. The van der Waals surface area contributed by atoms with Crippen LogP contribution in [0.5, 0.6) is 5.75 Å². The number of urea groups is 1. The van der Waals surface area contributed by atoms with Crippen molar-refractivity contribution in [2.24, 2.45) is 0 Å². The van der Waals surface area contributed by atoms with Crippen LogP contribution in [-0.4, -0.2) is 62.7 Å². The Morgan fingerprint density at radius 1 is 1.17 bits per heavy atom. The third-order valence-corrected chi connectivity index (χ3v) is 4.37. The Morgan fingerprint density at radius 3 is 2.54 bits per heavy atom. The first-order valence-electron chi connectivity index (χ1n) is 8.37. The molecule has 2 N–H and O–H groups in total. The first-order chi connectivity index (χ1) is 11.7. The Balaban J connectivity index is 1.45. The van der Waals surface area contributed by atoms with Crippen LogP contribution >= 0.6 is 0 Å². The average molecular weight is 332 g/mol. The number of piperazine rings is 1. The van der Waals surface area contributed by atoms with Crippen molar-refractivity contribution in [3.63, 3.8) is 0 Å². The quantitative estimate of drug-likeness (QED) is 0.837. The number of benzene rings is 1. The maximum Gasteiger partial charge on any atom is 0.315 e. The van der Waals surface area contributed by atoms with E-state index in [1.165, 1.54) is 0 Å². The van der Waals surface area contributed by atoms with E-state index in [1.54, 1.807) is 12.0 Å². The number of ether oxygens (including phenoxy) is 1. The molecule has 1 saturated heterocycles. The molecule has 2 fully saturated rings. The molecule has 0 bridgehead atoms. The lowest BCUT2D eigenvalue weighted by Crippen LogP contribution is -2.52. The second-order valence-electron chi connectivity index (χ2n) is 6.14. The summed E-state index contributed by atoms with van der Waals surface area (Å²) in [6.07, 6.45) is 2.07. The van der Waals surface area contributed by atoms with Gasteiger partial charge in [0.15, 0.2) is 0 Å². The van der Waals surface area contributed by atoms with Crippen molar-refractivity contribution in [2.75, 3.05) is 44.7 Å². The van der Waals surface area contributed by atoms with Gasteiger partial charge in [-0.05, 0) is 25.0 Å². The van der Waals surface area contributed by atoms with E-state index in [2.05, 4.69) is 15.5 Å². The van der Waals surface area contributed by atoms with Gasteiger partial charge in [-0.2, -0.15) is 0 Å². The standard InChI is InChI=1S/C17H24N4O3/c1-24-15-5-3-2-4-14(15)20-8-10-21(11-9-20)16(22)12-18-17(23)19-13-6-7-13/h2-5,13H,6-12H2,1H3,(H2,18,19,23). The van der Waals surface area contributed by atoms with Crippen molar-refractivity contribution in [1.82, 2.24) is 15.5 Å². The smallest absolute Gasteiger partial charge is 0.315 e. The molecule has 24 heavy (non-hydrogen) atoms. The Morgan fingerprint density at radius 2 is 1.88 bits per heavy atom. The molecule has 0 radical (unpaired) electrons. The van der Waals surface area contributed by atoms with Crippen LogP contribution in [-0.2, 0) is 4.79 Å². The summed E-state index contributed by atoms with van der Waals surface area (Å²) in [7, 11) is 1.66. The predicted molar refractivity (Wildman–Crippen MR) is 91.3 cm³/mol. The predicted octanol–water partition coefficient (Wildman–Crippen LogP) is 0.805. The number of nitrogens with one attached hydrogen (secondary N) is 2. The molecule has 0 aromatic heterocycles. The summed E-state index contributed by atoms with van der Waals surface area (Å²) >= 11 is 0. The normalized spacial score (nSPS) is 17.4. The minimum Gasteiger partial charge on any atom is -0.495 e. The summed E-state index contributed by atoms with van der Waals surface area (Å²) in [4.78, 5) is 27.8. The van der Waals surface area contributed by atoms with Gasteiger partial charge in [0.1, 0.15) is 5.75 Å². The maximum atomic E-state index is 12.2. The molecule has 130 valence electrons. The van der Waals surface area contributed by atoms with Gasteiger partial charge in [-0.25, -0.2) is 4.79 Å². The highest BCUT2D eigenvalue weighted by atomic mass is 16.5. The van der Waals surface area contributed by atoms with Crippen LogP contribution < -0.4 is 20.3 Å². The molecule has 7 nitrogen and oxygen atoms in total. The van der Waals surface area contributed by atoms with E-state index in [1.807, 2.05) is 24.3 Å². The fourth-order valence-corrected chi connectivity index (χ4v) is 2.82. The zero-order valence-corrected chi connectivity index (χ0v) is 14.0. The number of rotatable bonds is 5. The van der Waals surface area contributed by atoms with Crippen LogP contribution in [0, 0.1) is 0 Å². The zero-order chi connectivity index (χ0) is 16.9. The summed E-state index contributed by atoms with van der Waals surface area (Å²) < 4.78 is 5.40. The molecular formula is C17H24N4O3. The number of nitrogens with zero attached hydrogens (tertiary/aromatic N) is 2. The summed E-state index contributed by atoms with van der Waals surface area (Å²) in [5.41, 5.74) is 1.05. The van der Waals surface area contributed by atoms with Crippen LogP contribution in [0.25, 0.3) is 0 Å². The zero-order valence-electron chi connectivity index (χ0n) is 14.0. The van der Waals surface area contributed by atoms with E-state index in [4.69, 9.17) is 4.74 Å². The molecule has 0 spiro atoms. The van der Waals surface area contributed by atoms with Crippen LogP contribution in [0.4, 0.5) is 10.5 Å². The van der Waals surface area contributed by atoms with E-state index in [9.17, 15) is 9.59 Å². The van der Waals surface area contributed by atoms with Crippen molar-refractivity contribution in [1.29, 1.82) is 0 Å². The summed E-state index contributed by atoms with van der Waals surface area (Å²) in [6.45, 7) is 2.83. The Bertz CT molecular complexity index is 595. The molecule has 1 aromatic carbocycles. The first kappa shape index (κ1) is 16.4. The van der Waals surface area contributed by atoms with Crippen LogP contribution in [0.3, 0.4) is 0 Å². The average Bonchev–Trinajstić information content (AvgIpc) is 3.43. The molecule has 2 aliphatic rings. The van der Waals surface area contributed by atoms with Gasteiger partial charge in [0.25, 0.3) is 0 Å². The number of hydrogen-bond donors (Lipinski definition) is 2. The first-order valence-corrected chi connectivity index (χ1v) is 8.37. The molecule has 3 rings (SSSR count). The maximum absolute atomic E-state index is 12.2. The lowest BCUT2D eigenvalue weighted by Gasteiger charge is -2.36. The molecule has 0 unspecified atom stereocenters. The molecular weight excluding hydrogens is 308 g/mol. The van der Waals surface area contributed by atoms with Crippen molar-refractivity contribution < 1.29 is 14.3 Å². The number of carbonyl (C=O) groups is 2. The summed E-state index contributed by atoms with van der Waals surface area (Å²) in [5, 5.41) is 5.45. The van der Waals surface area contributed by atoms with Gasteiger partial charge in [0.2, 0.25) is 5.91 Å². The van der Waals surface area contributed by atoms with Crippen LogP contribution in [0.15, 0.2) is 24.3 Å². The monoisotopic (exact) mass is 332 g/mol. The lowest BCUT2D eigenvalue weighted by molar-refractivity contribution is -0.130. The molecule has 1 aliphatic heterocycles. The number of anilines is 1. The third-order valence-electron chi connectivity index (χ3n) is 4.37. The highest BCUT2D eigenvalue weighted by Crippen LogP contribution is 2.28. The second kappa shape index (κ2) is 7.42. The van der Waals surface area contributed by atoms with E-state index < -0.39 is 0 Å². The van der Waals surface area contributed by atoms with Gasteiger partial charge < -0.3 is 25.2 Å². The summed E-state index contributed by atoms with van der Waals surface area (Å²) in [6, 6.07) is 7.94. The molecule has 3 amide bonds. The van der Waals surface area contributed by atoms with Gasteiger partial charge in [-0.15, -0.1) is 0 Å². The van der Waals surface area contributed by atoms with Gasteiger partial charge in [0, 0.05) is 32.2 Å². The van der Waals surface area contributed by atoms with Gasteiger partial charge >= 0.3 is 6.03 Å². The number of methoxy groups -OCH3 is 1. The van der Waals surface area contributed by atoms with E-state index in [0.29, 0.717) is 19.1 Å². The topological polar surface area (TPSA) is 73.9 Å². The van der Waals surface area contributed by atoms with E-state index >= 15 is 0 Å². The minimum absolute atomic E-state index is 0.0411. The van der Waals surface area contributed by atoms with Gasteiger partial charge in [-0.1, -0.05) is 12.1 Å². The van der Waals surface area contributed by atoms with Crippen LogP contribution in [0.2, 0.25) is 0 Å². The second-order valence-corrected chi connectivity index (χ2v) is 6.14. The van der Waals surface area contributed by atoms with Crippen molar-refractivity contribution >= 4 is 17.6 Å². The van der Waals surface area contributed by atoms with E-state index in [0.717, 1.165) is 37.4 Å². The molecule has 1 aromatic rings. The highest BCUT2D eigenvalue weighted by Gasteiger charge is 2.25. The summed E-state index contributed by atoms with van der Waals surface area (Å²) in [5.74, 6) is 0.802. The number of para-hydroxylation sites is 2. The Hall–Kier alpha value is -2.44. The number of amides is 3. The third kappa shape index (κ3) is 4.10. The molecule has 1 saturated carbocycles. The van der Waals surface area contributed by atoms with Crippen molar-refractivity contribution in [3.8, 4) is 5.75 Å². The minimum atomic E-state index is -0.251. The van der Waals surface area contributed by atoms with Gasteiger partial charge in [0.05, 0.1) is 19.3 Å².